The first kappa shape index (κ1) is 14.9. The van der Waals surface area contributed by atoms with Gasteiger partial charge in [-0.25, -0.2) is 0 Å². The van der Waals surface area contributed by atoms with E-state index in [1.807, 2.05) is 6.92 Å². The molecule has 1 saturated heterocycles. The van der Waals surface area contributed by atoms with Gasteiger partial charge in [-0.3, -0.25) is 4.90 Å². The molecule has 0 aromatic rings. The van der Waals surface area contributed by atoms with E-state index in [4.69, 9.17) is 0 Å². The smallest absolute Gasteiger partial charge is 0.128 e. The van der Waals surface area contributed by atoms with Crippen LogP contribution >= 0.6 is 0 Å². The van der Waals surface area contributed by atoms with Crippen LogP contribution in [0.25, 0.3) is 0 Å². The number of allylic oxidation sites excluding steroid dienone is 1. The van der Waals surface area contributed by atoms with Crippen LogP contribution in [0, 0.1) is 0 Å². The normalized spacial score (nSPS) is 21.5. The SMILES string of the molecule is C=N/N=C(/C)N1CC=C(CN2CCNCC2)C=C1CC. The molecule has 0 radical (unpaired) electrons. The van der Waals surface area contributed by atoms with E-state index >= 15 is 0 Å². The maximum Gasteiger partial charge on any atom is 0.128 e. The van der Waals surface area contributed by atoms with Crippen molar-refractivity contribution in [3.63, 3.8) is 0 Å². The van der Waals surface area contributed by atoms with Gasteiger partial charge in [0.1, 0.15) is 5.84 Å². The molecule has 110 valence electrons. The van der Waals surface area contributed by atoms with Crippen molar-refractivity contribution in [2.45, 2.75) is 20.3 Å². The van der Waals surface area contributed by atoms with E-state index in [0.29, 0.717) is 0 Å². The van der Waals surface area contributed by atoms with Crippen molar-refractivity contribution in [3.05, 3.63) is 23.4 Å². The van der Waals surface area contributed by atoms with Gasteiger partial charge in [-0.05, 0) is 25.0 Å². The van der Waals surface area contributed by atoms with Crippen molar-refractivity contribution in [1.29, 1.82) is 0 Å². The summed E-state index contributed by atoms with van der Waals surface area (Å²) in [6.45, 7) is 14.0. The number of hydrogen-bond acceptors (Lipinski definition) is 4. The number of piperazine rings is 1. The molecule has 1 fully saturated rings. The van der Waals surface area contributed by atoms with Crippen LogP contribution in [-0.4, -0.2) is 61.6 Å². The molecule has 0 aliphatic carbocycles. The highest BCUT2D eigenvalue weighted by atomic mass is 15.3. The van der Waals surface area contributed by atoms with Gasteiger partial charge in [0.25, 0.3) is 0 Å². The van der Waals surface area contributed by atoms with Crippen LogP contribution in [0.5, 0.6) is 0 Å². The molecule has 0 atom stereocenters. The third-order valence-electron chi connectivity index (χ3n) is 3.82. The Hall–Kier alpha value is -1.46. The molecule has 0 unspecified atom stereocenters. The quantitative estimate of drug-likeness (QED) is 0.480. The maximum atomic E-state index is 4.05. The van der Waals surface area contributed by atoms with Crippen molar-refractivity contribution in [2.75, 3.05) is 39.3 Å². The van der Waals surface area contributed by atoms with Gasteiger partial charge in [0.15, 0.2) is 0 Å². The fraction of sp³-hybridized carbons (Fsp3) is 0.600. The van der Waals surface area contributed by atoms with Gasteiger partial charge >= 0.3 is 0 Å². The summed E-state index contributed by atoms with van der Waals surface area (Å²) in [4.78, 5) is 4.71. The van der Waals surface area contributed by atoms with Crippen molar-refractivity contribution in [2.24, 2.45) is 10.2 Å². The van der Waals surface area contributed by atoms with E-state index in [1.165, 1.54) is 11.3 Å². The fourth-order valence-electron chi connectivity index (χ4n) is 2.70. The molecule has 1 N–H and O–H groups in total. The summed E-state index contributed by atoms with van der Waals surface area (Å²) in [7, 11) is 0. The zero-order valence-corrected chi connectivity index (χ0v) is 12.6. The molecular formula is C15H25N5. The summed E-state index contributed by atoms with van der Waals surface area (Å²) in [6, 6.07) is 0. The number of nitrogens with zero attached hydrogens (tertiary/aromatic N) is 4. The first-order chi connectivity index (χ1) is 9.74. The van der Waals surface area contributed by atoms with Crippen molar-refractivity contribution >= 4 is 12.6 Å². The summed E-state index contributed by atoms with van der Waals surface area (Å²) in [5, 5.41) is 11.1. The lowest BCUT2D eigenvalue weighted by Crippen LogP contribution is -2.44. The van der Waals surface area contributed by atoms with Gasteiger partial charge in [-0.2, -0.15) is 5.10 Å². The Morgan fingerprint density at radius 2 is 2.15 bits per heavy atom. The molecule has 0 amide bonds. The molecule has 20 heavy (non-hydrogen) atoms. The number of amidine groups is 1. The summed E-state index contributed by atoms with van der Waals surface area (Å²) in [5.74, 6) is 0.908. The second kappa shape index (κ2) is 7.36. The first-order valence-corrected chi connectivity index (χ1v) is 7.35. The average Bonchev–Trinajstić information content (AvgIpc) is 2.48. The minimum atomic E-state index is 0.881. The lowest BCUT2D eigenvalue weighted by atomic mass is 10.1. The summed E-state index contributed by atoms with van der Waals surface area (Å²) >= 11 is 0. The Labute approximate surface area is 121 Å². The van der Waals surface area contributed by atoms with Crippen LogP contribution in [0.1, 0.15) is 20.3 Å². The van der Waals surface area contributed by atoms with Crippen LogP contribution in [-0.2, 0) is 0 Å². The minimum Gasteiger partial charge on any atom is -0.328 e. The molecule has 2 rings (SSSR count). The molecule has 5 nitrogen and oxygen atoms in total. The molecule has 2 heterocycles. The lowest BCUT2D eigenvalue weighted by Gasteiger charge is -2.32. The maximum absolute atomic E-state index is 4.05. The zero-order valence-electron chi connectivity index (χ0n) is 12.6. The number of nitrogens with one attached hydrogen (secondary N) is 1. The molecule has 0 aromatic carbocycles. The van der Waals surface area contributed by atoms with Crippen molar-refractivity contribution < 1.29 is 0 Å². The molecule has 0 bridgehead atoms. The standard InChI is InChI=1S/C15H25N5/c1-4-15-11-14(12-19-9-6-17-7-10-19)5-8-20(15)13(2)18-16-3/h5,11,17H,3-4,6-10,12H2,1-2H3/b18-13-. The molecule has 0 spiro atoms. The van der Waals surface area contributed by atoms with Crippen LogP contribution < -0.4 is 5.32 Å². The van der Waals surface area contributed by atoms with Crippen LogP contribution in [0.15, 0.2) is 33.6 Å². The Kier molecular flexibility index (Phi) is 5.49. The highest BCUT2D eigenvalue weighted by molar-refractivity contribution is 5.82. The summed E-state index contributed by atoms with van der Waals surface area (Å²) < 4.78 is 0. The molecule has 0 saturated carbocycles. The Morgan fingerprint density at radius 3 is 2.80 bits per heavy atom. The van der Waals surface area contributed by atoms with Crippen molar-refractivity contribution in [3.8, 4) is 0 Å². The van der Waals surface area contributed by atoms with E-state index in [0.717, 1.165) is 51.5 Å². The number of rotatable bonds is 4. The van der Waals surface area contributed by atoms with Crippen LogP contribution in [0.2, 0.25) is 0 Å². The van der Waals surface area contributed by atoms with Crippen LogP contribution in [0.3, 0.4) is 0 Å². The van der Waals surface area contributed by atoms with Gasteiger partial charge < -0.3 is 10.2 Å². The lowest BCUT2D eigenvalue weighted by molar-refractivity contribution is 0.260. The van der Waals surface area contributed by atoms with Gasteiger partial charge in [0, 0.05) is 51.7 Å². The van der Waals surface area contributed by atoms with Crippen LogP contribution in [0.4, 0.5) is 0 Å². The third kappa shape index (κ3) is 3.77. The molecule has 5 heteroatoms. The fourth-order valence-corrected chi connectivity index (χ4v) is 2.70. The minimum absolute atomic E-state index is 0.881. The largest absolute Gasteiger partial charge is 0.328 e. The third-order valence-corrected chi connectivity index (χ3v) is 3.82. The molecule has 0 aromatic heterocycles. The van der Waals surface area contributed by atoms with E-state index in [1.54, 1.807) is 0 Å². The second-order valence-electron chi connectivity index (χ2n) is 5.19. The van der Waals surface area contributed by atoms with Gasteiger partial charge in [-0.15, -0.1) is 5.10 Å². The Morgan fingerprint density at radius 1 is 1.40 bits per heavy atom. The highest BCUT2D eigenvalue weighted by Gasteiger charge is 2.17. The van der Waals surface area contributed by atoms with E-state index in [9.17, 15) is 0 Å². The molecule has 2 aliphatic heterocycles. The van der Waals surface area contributed by atoms with Crippen molar-refractivity contribution in [1.82, 2.24) is 15.1 Å². The Balaban J connectivity index is 2.02. The summed E-state index contributed by atoms with van der Waals surface area (Å²) in [6.07, 6.45) is 5.60. The van der Waals surface area contributed by atoms with Gasteiger partial charge in [0.05, 0.1) is 0 Å². The molecule has 2 aliphatic rings. The van der Waals surface area contributed by atoms with Gasteiger partial charge in [0.2, 0.25) is 0 Å². The predicted octanol–water partition coefficient (Wildman–Crippen LogP) is 1.46. The van der Waals surface area contributed by atoms with Gasteiger partial charge in [-0.1, -0.05) is 13.0 Å². The van der Waals surface area contributed by atoms with E-state index < -0.39 is 0 Å². The molecular weight excluding hydrogens is 250 g/mol. The monoisotopic (exact) mass is 275 g/mol. The highest BCUT2D eigenvalue weighted by Crippen LogP contribution is 2.19. The topological polar surface area (TPSA) is 43.2 Å². The van der Waals surface area contributed by atoms with E-state index in [2.05, 4.69) is 51.1 Å². The Bertz CT molecular complexity index is 430. The summed E-state index contributed by atoms with van der Waals surface area (Å²) in [5.41, 5.74) is 2.72. The zero-order chi connectivity index (χ0) is 14.4. The average molecular weight is 275 g/mol. The number of hydrogen-bond donors (Lipinski definition) is 1. The van der Waals surface area contributed by atoms with E-state index in [-0.39, 0.29) is 0 Å². The first-order valence-electron chi connectivity index (χ1n) is 7.35. The second-order valence-corrected chi connectivity index (χ2v) is 5.19. The predicted molar refractivity (Wildman–Crippen MR) is 85.1 cm³/mol.